The third-order valence-electron chi connectivity index (χ3n) is 4.05. The third kappa shape index (κ3) is 4.51. The topological polar surface area (TPSA) is 43.3 Å². The monoisotopic (exact) mass is 352 g/mol. The first-order chi connectivity index (χ1) is 12.7. The molecule has 0 unspecified atom stereocenters. The van der Waals surface area contributed by atoms with Gasteiger partial charge in [0.15, 0.2) is 0 Å². The van der Waals surface area contributed by atoms with E-state index in [1.807, 2.05) is 54.2 Å². The fraction of sp³-hybridized carbons (Fsp3) is 0.190. The molecule has 4 nitrogen and oxygen atoms in total. The van der Waals surface area contributed by atoms with E-state index in [1.165, 1.54) is 12.1 Å². The average molecular weight is 352 g/mol. The van der Waals surface area contributed by atoms with Crippen molar-refractivity contribution in [2.75, 3.05) is 11.9 Å². The molecule has 1 aromatic heterocycles. The highest BCUT2D eigenvalue weighted by Gasteiger charge is 2.18. The Balaban J connectivity index is 1.73. The Kier molecular flexibility index (Phi) is 5.69. The van der Waals surface area contributed by atoms with Gasteiger partial charge in [-0.05, 0) is 61.0 Å². The number of rotatable bonds is 7. The van der Waals surface area contributed by atoms with Crippen LogP contribution in [0.5, 0.6) is 5.75 Å². The van der Waals surface area contributed by atoms with Crippen LogP contribution in [-0.4, -0.2) is 17.1 Å². The highest BCUT2D eigenvalue weighted by Crippen LogP contribution is 2.24. The zero-order chi connectivity index (χ0) is 18.4. The summed E-state index contributed by atoms with van der Waals surface area (Å²) in [5, 5.41) is 2.89. The number of nitrogens with zero attached hydrogens (tertiary/aromatic N) is 1. The summed E-state index contributed by atoms with van der Waals surface area (Å²) in [4.78, 5) is 12.5. The lowest BCUT2D eigenvalue weighted by Gasteiger charge is -2.19. The summed E-state index contributed by atoms with van der Waals surface area (Å²) in [6.45, 7) is 2.52. The molecule has 0 saturated carbocycles. The number of aromatic nitrogens is 1. The van der Waals surface area contributed by atoms with Crippen LogP contribution in [0.3, 0.4) is 0 Å². The Morgan fingerprint density at radius 2 is 1.85 bits per heavy atom. The number of carbonyl (C=O) groups excluding carboxylic acids is 1. The maximum absolute atomic E-state index is 13.6. The maximum Gasteiger partial charge on any atom is 0.226 e. The van der Waals surface area contributed by atoms with Gasteiger partial charge in [-0.2, -0.15) is 0 Å². The van der Waals surface area contributed by atoms with Crippen molar-refractivity contribution in [3.63, 3.8) is 0 Å². The lowest BCUT2D eigenvalue weighted by molar-refractivity contribution is -0.116. The summed E-state index contributed by atoms with van der Waals surface area (Å²) in [5.41, 5.74) is 1.45. The number of amides is 1. The zero-order valence-electron chi connectivity index (χ0n) is 14.6. The maximum atomic E-state index is 13.6. The molecule has 2 aromatic carbocycles. The minimum atomic E-state index is -0.313. The number of benzene rings is 2. The van der Waals surface area contributed by atoms with E-state index in [-0.39, 0.29) is 24.2 Å². The van der Waals surface area contributed by atoms with Gasteiger partial charge in [0.2, 0.25) is 5.91 Å². The molecule has 134 valence electrons. The van der Waals surface area contributed by atoms with Crippen LogP contribution < -0.4 is 10.1 Å². The first kappa shape index (κ1) is 17.7. The van der Waals surface area contributed by atoms with Crippen LogP contribution in [0.15, 0.2) is 73.1 Å². The van der Waals surface area contributed by atoms with Crippen LogP contribution in [0, 0.1) is 5.82 Å². The second-order valence-corrected chi connectivity index (χ2v) is 5.91. The van der Waals surface area contributed by atoms with Gasteiger partial charge in [0.05, 0.1) is 19.1 Å². The quantitative estimate of drug-likeness (QED) is 0.673. The normalized spacial score (nSPS) is 11.8. The average Bonchev–Trinajstić information content (AvgIpc) is 3.16. The largest absolute Gasteiger partial charge is 0.494 e. The summed E-state index contributed by atoms with van der Waals surface area (Å²) in [5.74, 6) is 0.305. The third-order valence-corrected chi connectivity index (χ3v) is 4.05. The standard InChI is InChI=1S/C21H21FN2O2/c1-2-26-19-10-8-18(9-11-19)23-21(25)15-20(24-12-3-4-13-24)16-6-5-7-17(22)14-16/h3-14,20H,2,15H2,1H3,(H,23,25)/t20-/m1/s1. The SMILES string of the molecule is CCOc1ccc(NC(=O)C[C@H](c2cccc(F)c2)n2cccc2)cc1. The number of halogens is 1. The minimum absolute atomic E-state index is 0.142. The molecular formula is C21H21FN2O2. The predicted molar refractivity (Wildman–Crippen MR) is 99.8 cm³/mol. The summed E-state index contributed by atoms with van der Waals surface area (Å²) in [7, 11) is 0. The van der Waals surface area contributed by atoms with E-state index in [0.29, 0.717) is 12.3 Å². The Morgan fingerprint density at radius 3 is 2.50 bits per heavy atom. The van der Waals surface area contributed by atoms with Crippen molar-refractivity contribution in [2.24, 2.45) is 0 Å². The summed E-state index contributed by atoms with van der Waals surface area (Å²) in [6, 6.07) is 17.1. The van der Waals surface area contributed by atoms with Crippen LogP contribution in [0.2, 0.25) is 0 Å². The molecule has 1 N–H and O–H groups in total. The molecular weight excluding hydrogens is 331 g/mol. The fourth-order valence-corrected chi connectivity index (χ4v) is 2.85. The van der Waals surface area contributed by atoms with Crippen molar-refractivity contribution in [1.82, 2.24) is 4.57 Å². The van der Waals surface area contributed by atoms with Gasteiger partial charge in [0.25, 0.3) is 0 Å². The van der Waals surface area contributed by atoms with E-state index >= 15 is 0 Å². The Bertz CT molecular complexity index is 845. The van der Waals surface area contributed by atoms with E-state index in [1.54, 1.807) is 18.2 Å². The van der Waals surface area contributed by atoms with Crippen molar-refractivity contribution >= 4 is 11.6 Å². The number of nitrogens with one attached hydrogen (secondary N) is 1. The first-order valence-electron chi connectivity index (χ1n) is 8.56. The molecule has 1 heterocycles. The molecule has 0 bridgehead atoms. The van der Waals surface area contributed by atoms with Crippen LogP contribution >= 0.6 is 0 Å². The van der Waals surface area contributed by atoms with E-state index in [4.69, 9.17) is 4.74 Å². The molecule has 0 aliphatic carbocycles. The molecule has 3 rings (SSSR count). The summed E-state index contributed by atoms with van der Waals surface area (Å²) < 4.78 is 20.9. The van der Waals surface area contributed by atoms with Crippen LogP contribution in [0.1, 0.15) is 24.9 Å². The van der Waals surface area contributed by atoms with Crippen LogP contribution in [0.4, 0.5) is 10.1 Å². The van der Waals surface area contributed by atoms with Crippen molar-refractivity contribution < 1.29 is 13.9 Å². The number of ether oxygens (including phenoxy) is 1. The number of carbonyl (C=O) groups is 1. The molecule has 0 saturated heterocycles. The molecule has 0 radical (unpaired) electrons. The molecule has 0 aliphatic heterocycles. The molecule has 1 atom stereocenters. The van der Waals surface area contributed by atoms with Gasteiger partial charge in [0, 0.05) is 18.1 Å². The molecule has 26 heavy (non-hydrogen) atoms. The van der Waals surface area contributed by atoms with E-state index < -0.39 is 0 Å². The molecule has 3 aromatic rings. The minimum Gasteiger partial charge on any atom is -0.494 e. The first-order valence-corrected chi connectivity index (χ1v) is 8.56. The summed E-state index contributed by atoms with van der Waals surface area (Å²) in [6.07, 6.45) is 3.95. The number of anilines is 1. The number of hydrogen-bond acceptors (Lipinski definition) is 2. The van der Waals surface area contributed by atoms with Crippen molar-refractivity contribution in [3.05, 3.63) is 84.4 Å². The van der Waals surface area contributed by atoms with E-state index in [2.05, 4.69) is 5.32 Å². The molecule has 0 fully saturated rings. The Morgan fingerprint density at radius 1 is 1.12 bits per heavy atom. The highest BCUT2D eigenvalue weighted by molar-refractivity contribution is 5.91. The Hall–Kier alpha value is -3.08. The highest BCUT2D eigenvalue weighted by atomic mass is 19.1. The smallest absolute Gasteiger partial charge is 0.226 e. The zero-order valence-corrected chi connectivity index (χ0v) is 14.6. The van der Waals surface area contributed by atoms with Gasteiger partial charge in [-0.15, -0.1) is 0 Å². The van der Waals surface area contributed by atoms with Gasteiger partial charge in [-0.1, -0.05) is 12.1 Å². The van der Waals surface area contributed by atoms with Gasteiger partial charge < -0.3 is 14.6 Å². The number of hydrogen-bond donors (Lipinski definition) is 1. The van der Waals surface area contributed by atoms with Gasteiger partial charge in [-0.3, -0.25) is 4.79 Å². The predicted octanol–water partition coefficient (Wildman–Crippen LogP) is 4.64. The van der Waals surface area contributed by atoms with Gasteiger partial charge in [-0.25, -0.2) is 4.39 Å². The van der Waals surface area contributed by atoms with Crippen molar-refractivity contribution in [2.45, 2.75) is 19.4 Å². The van der Waals surface area contributed by atoms with Crippen molar-refractivity contribution in [3.8, 4) is 5.75 Å². The lowest BCUT2D eigenvalue weighted by atomic mass is 10.0. The van der Waals surface area contributed by atoms with E-state index in [9.17, 15) is 9.18 Å². The molecule has 0 aliphatic rings. The van der Waals surface area contributed by atoms with Gasteiger partial charge in [0.1, 0.15) is 11.6 Å². The lowest BCUT2D eigenvalue weighted by Crippen LogP contribution is -2.19. The molecule has 5 heteroatoms. The van der Waals surface area contributed by atoms with Crippen LogP contribution in [0.25, 0.3) is 0 Å². The molecule has 1 amide bonds. The molecule has 0 spiro atoms. The van der Waals surface area contributed by atoms with Crippen molar-refractivity contribution in [1.29, 1.82) is 0 Å². The Labute approximate surface area is 152 Å². The van der Waals surface area contributed by atoms with E-state index in [0.717, 1.165) is 11.3 Å². The second kappa shape index (κ2) is 8.34. The summed E-state index contributed by atoms with van der Waals surface area (Å²) >= 11 is 0. The van der Waals surface area contributed by atoms with Crippen LogP contribution in [-0.2, 0) is 4.79 Å². The van der Waals surface area contributed by atoms with Gasteiger partial charge >= 0.3 is 0 Å². The second-order valence-electron chi connectivity index (χ2n) is 5.91. The fourth-order valence-electron chi connectivity index (χ4n) is 2.85.